The molecule has 1 amide bonds. The topological polar surface area (TPSA) is 79.3 Å². The van der Waals surface area contributed by atoms with E-state index in [-0.39, 0.29) is 12.1 Å². The van der Waals surface area contributed by atoms with Crippen molar-refractivity contribution in [3.63, 3.8) is 0 Å². The van der Waals surface area contributed by atoms with Crippen LogP contribution < -0.4 is 5.32 Å². The Kier molecular flexibility index (Phi) is 4.22. The Balaban J connectivity index is 2.01. The molecule has 0 atom stereocenters. The Labute approximate surface area is 118 Å². The molecule has 7 heteroatoms. The van der Waals surface area contributed by atoms with E-state index in [1.807, 2.05) is 0 Å². The third kappa shape index (κ3) is 3.82. The molecule has 0 spiro atoms. The van der Waals surface area contributed by atoms with Crippen LogP contribution in [0, 0.1) is 11.6 Å². The molecule has 1 heterocycles. The number of pyridine rings is 1. The van der Waals surface area contributed by atoms with Crippen LogP contribution in [0.4, 0.5) is 14.5 Å². The highest BCUT2D eigenvalue weighted by Gasteiger charge is 2.09. The number of nitrogens with one attached hydrogen (secondary N) is 1. The standard InChI is InChI=1S/C14H10F2N2O3/c15-10-3-1-8(5-11(10)16)6-13(19)18-9-2-4-12(14(20)21)17-7-9/h1-5,7H,6H2,(H,18,19)(H,20,21). The molecule has 5 nitrogen and oxygen atoms in total. The number of carbonyl (C=O) groups excluding carboxylic acids is 1. The molecule has 0 unspecified atom stereocenters. The van der Waals surface area contributed by atoms with Gasteiger partial charge in [-0.05, 0) is 29.8 Å². The molecule has 0 saturated heterocycles. The zero-order chi connectivity index (χ0) is 15.4. The molecule has 1 aromatic carbocycles. The van der Waals surface area contributed by atoms with E-state index in [0.717, 1.165) is 12.1 Å². The minimum absolute atomic E-state index is 0.141. The van der Waals surface area contributed by atoms with Gasteiger partial charge in [0.05, 0.1) is 18.3 Å². The molecule has 1 aromatic heterocycles. The average Bonchev–Trinajstić information content (AvgIpc) is 2.43. The third-order valence-electron chi connectivity index (χ3n) is 2.62. The lowest BCUT2D eigenvalue weighted by Crippen LogP contribution is -2.15. The van der Waals surface area contributed by atoms with Gasteiger partial charge in [0.15, 0.2) is 11.6 Å². The fourth-order valence-electron chi connectivity index (χ4n) is 1.63. The highest BCUT2D eigenvalue weighted by atomic mass is 19.2. The fraction of sp³-hybridized carbons (Fsp3) is 0.0714. The van der Waals surface area contributed by atoms with E-state index in [9.17, 15) is 18.4 Å². The quantitative estimate of drug-likeness (QED) is 0.905. The second kappa shape index (κ2) is 6.08. The van der Waals surface area contributed by atoms with Crippen LogP contribution in [0.1, 0.15) is 16.1 Å². The van der Waals surface area contributed by atoms with E-state index in [2.05, 4.69) is 10.3 Å². The van der Waals surface area contributed by atoms with Gasteiger partial charge in [-0.25, -0.2) is 18.6 Å². The summed E-state index contributed by atoms with van der Waals surface area (Å²) in [6.45, 7) is 0. The second-order valence-electron chi connectivity index (χ2n) is 4.21. The fourth-order valence-corrected chi connectivity index (χ4v) is 1.63. The molecule has 108 valence electrons. The van der Waals surface area contributed by atoms with Crippen molar-refractivity contribution in [1.29, 1.82) is 0 Å². The second-order valence-corrected chi connectivity index (χ2v) is 4.21. The predicted octanol–water partition coefficient (Wildman–Crippen LogP) is 2.24. The van der Waals surface area contributed by atoms with E-state index in [1.165, 1.54) is 24.4 Å². The molecule has 2 rings (SSSR count). The molecule has 2 N–H and O–H groups in total. The van der Waals surface area contributed by atoms with Gasteiger partial charge in [0.2, 0.25) is 5.91 Å². The molecule has 0 aliphatic rings. The number of nitrogens with zero attached hydrogens (tertiary/aromatic N) is 1. The number of rotatable bonds is 4. The number of halogens is 2. The molecule has 0 radical (unpaired) electrons. The Morgan fingerprint density at radius 1 is 1.14 bits per heavy atom. The zero-order valence-electron chi connectivity index (χ0n) is 10.6. The maximum Gasteiger partial charge on any atom is 0.354 e. The van der Waals surface area contributed by atoms with Gasteiger partial charge in [-0.15, -0.1) is 0 Å². The molecular formula is C14H10F2N2O3. The van der Waals surface area contributed by atoms with Gasteiger partial charge in [0.25, 0.3) is 0 Å². The minimum Gasteiger partial charge on any atom is -0.477 e. The first-order valence-electron chi connectivity index (χ1n) is 5.89. The number of carboxylic acids is 1. The first-order valence-corrected chi connectivity index (χ1v) is 5.89. The lowest BCUT2D eigenvalue weighted by Gasteiger charge is -2.05. The van der Waals surface area contributed by atoms with Crippen molar-refractivity contribution >= 4 is 17.6 Å². The Hall–Kier alpha value is -2.83. The first kappa shape index (κ1) is 14.6. The van der Waals surface area contributed by atoms with Crippen LogP contribution in [-0.4, -0.2) is 22.0 Å². The molecule has 0 saturated carbocycles. The van der Waals surface area contributed by atoms with Crippen molar-refractivity contribution in [1.82, 2.24) is 4.98 Å². The Morgan fingerprint density at radius 3 is 2.48 bits per heavy atom. The number of aromatic carboxylic acids is 1. The minimum atomic E-state index is -1.17. The molecule has 21 heavy (non-hydrogen) atoms. The highest BCUT2D eigenvalue weighted by Crippen LogP contribution is 2.11. The SMILES string of the molecule is O=C(Cc1ccc(F)c(F)c1)Nc1ccc(C(=O)O)nc1. The van der Waals surface area contributed by atoms with Gasteiger partial charge in [0, 0.05) is 0 Å². The van der Waals surface area contributed by atoms with Gasteiger partial charge >= 0.3 is 5.97 Å². The van der Waals surface area contributed by atoms with Crippen molar-refractivity contribution < 1.29 is 23.5 Å². The van der Waals surface area contributed by atoms with Crippen molar-refractivity contribution in [2.75, 3.05) is 5.32 Å². The van der Waals surface area contributed by atoms with E-state index in [0.29, 0.717) is 11.3 Å². The highest BCUT2D eigenvalue weighted by molar-refractivity contribution is 5.92. The van der Waals surface area contributed by atoms with Crippen LogP contribution in [0.5, 0.6) is 0 Å². The maximum atomic E-state index is 13.0. The lowest BCUT2D eigenvalue weighted by molar-refractivity contribution is -0.115. The van der Waals surface area contributed by atoms with Crippen LogP contribution in [0.2, 0.25) is 0 Å². The molecule has 0 bridgehead atoms. The van der Waals surface area contributed by atoms with Crippen LogP contribution in [-0.2, 0) is 11.2 Å². The maximum absolute atomic E-state index is 13.0. The number of hydrogen-bond donors (Lipinski definition) is 2. The monoisotopic (exact) mass is 292 g/mol. The number of benzene rings is 1. The van der Waals surface area contributed by atoms with Gasteiger partial charge in [-0.1, -0.05) is 6.07 Å². The van der Waals surface area contributed by atoms with E-state index in [4.69, 9.17) is 5.11 Å². The number of hydrogen-bond acceptors (Lipinski definition) is 3. The first-order chi connectivity index (χ1) is 9.95. The number of anilines is 1. The number of amides is 1. The van der Waals surface area contributed by atoms with Gasteiger partial charge in [-0.3, -0.25) is 4.79 Å². The molecular weight excluding hydrogens is 282 g/mol. The van der Waals surface area contributed by atoms with Crippen LogP contribution >= 0.6 is 0 Å². The average molecular weight is 292 g/mol. The van der Waals surface area contributed by atoms with Crippen molar-refractivity contribution in [3.05, 3.63) is 59.4 Å². The Bertz CT molecular complexity index is 687. The van der Waals surface area contributed by atoms with E-state index in [1.54, 1.807) is 0 Å². The summed E-state index contributed by atoms with van der Waals surface area (Å²) in [5, 5.41) is 11.2. The van der Waals surface area contributed by atoms with Gasteiger partial charge < -0.3 is 10.4 Å². The Morgan fingerprint density at radius 2 is 1.90 bits per heavy atom. The predicted molar refractivity (Wildman–Crippen MR) is 69.9 cm³/mol. The summed E-state index contributed by atoms with van der Waals surface area (Å²) in [4.78, 5) is 26.0. The molecule has 0 aliphatic carbocycles. The summed E-state index contributed by atoms with van der Waals surface area (Å²) in [5.41, 5.74) is 0.489. The van der Waals surface area contributed by atoms with Crippen LogP contribution in [0.25, 0.3) is 0 Å². The molecule has 0 fully saturated rings. The molecule has 2 aromatic rings. The summed E-state index contributed by atoms with van der Waals surface area (Å²) >= 11 is 0. The summed E-state index contributed by atoms with van der Waals surface area (Å²) in [7, 11) is 0. The number of aromatic nitrogens is 1. The smallest absolute Gasteiger partial charge is 0.354 e. The van der Waals surface area contributed by atoms with E-state index >= 15 is 0 Å². The van der Waals surface area contributed by atoms with Gasteiger partial charge in [-0.2, -0.15) is 0 Å². The summed E-state index contributed by atoms with van der Waals surface area (Å²) < 4.78 is 25.8. The van der Waals surface area contributed by atoms with Crippen molar-refractivity contribution in [3.8, 4) is 0 Å². The number of carboxylic acid groups (broad SMARTS) is 1. The normalized spacial score (nSPS) is 10.2. The summed E-state index contributed by atoms with van der Waals surface area (Å²) in [6, 6.07) is 5.83. The van der Waals surface area contributed by atoms with Crippen LogP contribution in [0.3, 0.4) is 0 Å². The van der Waals surface area contributed by atoms with E-state index < -0.39 is 23.5 Å². The third-order valence-corrected chi connectivity index (χ3v) is 2.62. The summed E-state index contributed by atoms with van der Waals surface area (Å²) in [6.07, 6.45) is 1.06. The van der Waals surface area contributed by atoms with Crippen LogP contribution in [0.15, 0.2) is 36.5 Å². The van der Waals surface area contributed by atoms with Crippen molar-refractivity contribution in [2.45, 2.75) is 6.42 Å². The molecule has 0 aliphatic heterocycles. The summed E-state index contributed by atoms with van der Waals surface area (Å²) in [5.74, 6) is -3.62. The number of carbonyl (C=O) groups is 2. The largest absolute Gasteiger partial charge is 0.477 e. The zero-order valence-corrected chi connectivity index (χ0v) is 10.6. The van der Waals surface area contributed by atoms with Gasteiger partial charge in [0.1, 0.15) is 5.69 Å². The lowest BCUT2D eigenvalue weighted by atomic mass is 10.1. The van der Waals surface area contributed by atoms with Crippen molar-refractivity contribution in [2.24, 2.45) is 0 Å².